The summed E-state index contributed by atoms with van der Waals surface area (Å²) in [5.41, 5.74) is 0.648. The maximum atomic E-state index is 12.4. The van der Waals surface area contributed by atoms with Gasteiger partial charge in [0.15, 0.2) is 11.5 Å². The van der Waals surface area contributed by atoms with E-state index < -0.39 is 0 Å². The fourth-order valence-electron chi connectivity index (χ4n) is 2.37. The average Bonchev–Trinajstić information content (AvgIpc) is 2.54. The summed E-state index contributed by atoms with van der Waals surface area (Å²) in [6, 6.07) is 3.48. The average molecular weight is 309 g/mol. The first-order valence-electron chi connectivity index (χ1n) is 7.72. The monoisotopic (exact) mass is 309 g/mol. The van der Waals surface area contributed by atoms with Gasteiger partial charge in [0.25, 0.3) is 0 Å². The van der Waals surface area contributed by atoms with Crippen molar-refractivity contribution in [2.75, 3.05) is 26.6 Å². The Bertz CT molecular complexity index is 463. The maximum absolute atomic E-state index is 12.4. The number of hydrogen-bond acceptors (Lipinski definition) is 4. The van der Waals surface area contributed by atoms with Gasteiger partial charge in [-0.05, 0) is 12.8 Å². The molecule has 0 bridgehead atoms. The maximum Gasteiger partial charge on any atom is 0.227 e. The van der Waals surface area contributed by atoms with E-state index in [-0.39, 0.29) is 11.8 Å². The van der Waals surface area contributed by atoms with Crippen LogP contribution in [0.2, 0.25) is 0 Å². The number of anilines is 1. The summed E-state index contributed by atoms with van der Waals surface area (Å²) in [6.07, 6.45) is 3.88. The first-order valence-corrected chi connectivity index (χ1v) is 7.72. The van der Waals surface area contributed by atoms with Crippen LogP contribution in [-0.2, 0) is 4.79 Å². The highest BCUT2D eigenvalue weighted by Gasteiger charge is 2.18. The molecule has 0 heterocycles. The van der Waals surface area contributed by atoms with Gasteiger partial charge in [-0.2, -0.15) is 0 Å². The van der Waals surface area contributed by atoms with Gasteiger partial charge in [0, 0.05) is 23.7 Å². The predicted molar refractivity (Wildman–Crippen MR) is 88.0 cm³/mol. The van der Waals surface area contributed by atoms with Gasteiger partial charge < -0.3 is 19.5 Å². The van der Waals surface area contributed by atoms with E-state index in [1.165, 1.54) is 0 Å². The molecule has 0 spiro atoms. The first-order chi connectivity index (χ1) is 10.6. The highest BCUT2D eigenvalue weighted by Crippen LogP contribution is 2.40. The Morgan fingerprint density at radius 3 is 2.09 bits per heavy atom. The van der Waals surface area contributed by atoms with Gasteiger partial charge in [-0.25, -0.2) is 0 Å². The summed E-state index contributed by atoms with van der Waals surface area (Å²) < 4.78 is 15.9. The summed E-state index contributed by atoms with van der Waals surface area (Å²) in [5.74, 6) is 1.63. The number of benzene rings is 1. The lowest BCUT2D eigenvalue weighted by molar-refractivity contribution is -0.120. The molecule has 0 aliphatic heterocycles. The number of carbonyl (C=O) groups excluding carboxylic acids is 1. The van der Waals surface area contributed by atoms with Crippen LogP contribution >= 0.6 is 0 Å². The van der Waals surface area contributed by atoms with Gasteiger partial charge in [-0.1, -0.05) is 26.7 Å². The molecule has 0 fully saturated rings. The summed E-state index contributed by atoms with van der Waals surface area (Å²) in [7, 11) is 4.66. The lowest BCUT2D eigenvalue weighted by atomic mass is 9.98. The molecule has 124 valence electrons. The molecule has 1 N–H and O–H groups in total. The minimum atomic E-state index is 0.0269. The molecule has 0 unspecified atom stereocenters. The molecular weight excluding hydrogens is 282 g/mol. The van der Waals surface area contributed by atoms with Crippen LogP contribution in [0.4, 0.5) is 5.69 Å². The predicted octanol–water partition coefficient (Wildman–Crippen LogP) is 3.87. The zero-order valence-electron chi connectivity index (χ0n) is 14.2. The van der Waals surface area contributed by atoms with Crippen molar-refractivity contribution in [3.8, 4) is 17.2 Å². The third kappa shape index (κ3) is 4.55. The van der Waals surface area contributed by atoms with Crippen LogP contribution in [0, 0.1) is 5.92 Å². The second-order valence-corrected chi connectivity index (χ2v) is 5.15. The molecular formula is C17H27NO4. The molecule has 0 aliphatic carbocycles. The molecule has 1 aromatic rings. The molecule has 1 rings (SSSR count). The Morgan fingerprint density at radius 2 is 1.68 bits per heavy atom. The van der Waals surface area contributed by atoms with Crippen molar-refractivity contribution < 1.29 is 19.0 Å². The van der Waals surface area contributed by atoms with E-state index in [9.17, 15) is 4.79 Å². The number of rotatable bonds is 9. The Balaban J connectivity index is 2.94. The lowest BCUT2D eigenvalue weighted by Crippen LogP contribution is -2.22. The van der Waals surface area contributed by atoms with Crippen LogP contribution in [-0.4, -0.2) is 27.2 Å². The van der Waals surface area contributed by atoms with Crippen LogP contribution in [0.25, 0.3) is 0 Å². The molecule has 1 amide bonds. The fraction of sp³-hybridized carbons (Fsp3) is 0.588. The third-order valence-electron chi connectivity index (χ3n) is 3.70. The zero-order valence-corrected chi connectivity index (χ0v) is 14.2. The van der Waals surface area contributed by atoms with Crippen LogP contribution in [0.3, 0.4) is 0 Å². The van der Waals surface area contributed by atoms with Crippen molar-refractivity contribution in [1.29, 1.82) is 0 Å². The summed E-state index contributed by atoms with van der Waals surface area (Å²) >= 11 is 0. The quantitative estimate of drug-likeness (QED) is 0.752. The van der Waals surface area contributed by atoms with Gasteiger partial charge in [-0.15, -0.1) is 0 Å². The van der Waals surface area contributed by atoms with E-state index in [4.69, 9.17) is 14.2 Å². The largest absolute Gasteiger partial charge is 0.493 e. The van der Waals surface area contributed by atoms with Crippen LogP contribution < -0.4 is 19.5 Å². The van der Waals surface area contributed by atoms with E-state index >= 15 is 0 Å². The van der Waals surface area contributed by atoms with Crippen LogP contribution in [0.1, 0.15) is 39.5 Å². The smallest absolute Gasteiger partial charge is 0.227 e. The van der Waals surface area contributed by atoms with Gasteiger partial charge >= 0.3 is 0 Å². The Hall–Kier alpha value is -1.91. The molecule has 22 heavy (non-hydrogen) atoms. The molecule has 0 radical (unpaired) electrons. The number of nitrogens with one attached hydrogen (secondary N) is 1. The topological polar surface area (TPSA) is 56.8 Å². The molecule has 5 nitrogen and oxygen atoms in total. The highest BCUT2D eigenvalue weighted by molar-refractivity contribution is 5.93. The molecule has 0 saturated carbocycles. The minimum Gasteiger partial charge on any atom is -0.493 e. The standard InChI is InChI=1S/C17H27NO4/c1-6-8-9-12(7-2)17(19)18-13-10-14(20-3)16(22-5)15(11-13)21-4/h10-12H,6-9H2,1-5H3,(H,18,19)/t12-/m1/s1. The number of methoxy groups -OCH3 is 3. The summed E-state index contributed by atoms with van der Waals surface area (Å²) in [6.45, 7) is 4.17. The SMILES string of the molecule is CCCC[C@@H](CC)C(=O)Nc1cc(OC)c(OC)c(OC)c1. The van der Waals surface area contributed by atoms with E-state index in [0.29, 0.717) is 22.9 Å². The van der Waals surface area contributed by atoms with Crippen molar-refractivity contribution in [1.82, 2.24) is 0 Å². The minimum absolute atomic E-state index is 0.0269. The number of unbranched alkanes of at least 4 members (excludes halogenated alkanes) is 1. The molecule has 0 aliphatic rings. The fourth-order valence-corrected chi connectivity index (χ4v) is 2.37. The van der Waals surface area contributed by atoms with Crippen molar-refractivity contribution in [3.05, 3.63) is 12.1 Å². The van der Waals surface area contributed by atoms with Crippen LogP contribution in [0.15, 0.2) is 12.1 Å². The van der Waals surface area contributed by atoms with Crippen LogP contribution in [0.5, 0.6) is 17.2 Å². The van der Waals surface area contributed by atoms with Crippen molar-refractivity contribution in [3.63, 3.8) is 0 Å². The molecule has 1 atom stereocenters. The van der Waals surface area contributed by atoms with E-state index in [1.807, 2.05) is 6.92 Å². The molecule has 5 heteroatoms. The van der Waals surface area contributed by atoms with Crippen molar-refractivity contribution in [2.45, 2.75) is 39.5 Å². The summed E-state index contributed by atoms with van der Waals surface area (Å²) in [5, 5.41) is 2.95. The highest BCUT2D eigenvalue weighted by atomic mass is 16.5. The van der Waals surface area contributed by atoms with Crippen molar-refractivity contribution >= 4 is 11.6 Å². The second kappa shape index (κ2) is 9.18. The van der Waals surface area contributed by atoms with Gasteiger partial charge in [-0.3, -0.25) is 4.79 Å². The Kier molecular flexibility index (Phi) is 7.57. The zero-order chi connectivity index (χ0) is 16.5. The Morgan fingerprint density at radius 1 is 1.09 bits per heavy atom. The van der Waals surface area contributed by atoms with Gasteiger partial charge in [0.2, 0.25) is 11.7 Å². The van der Waals surface area contributed by atoms with Gasteiger partial charge in [0.05, 0.1) is 21.3 Å². The van der Waals surface area contributed by atoms with Gasteiger partial charge in [0.1, 0.15) is 0 Å². The van der Waals surface area contributed by atoms with E-state index in [2.05, 4.69) is 12.2 Å². The normalized spacial score (nSPS) is 11.7. The van der Waals surface area contributed by atoms with Crippen molar-refractivity contribution in [2.24, 2.45) is 5.92 Å². The number of carbonyl (C=O) groups is 1. The number of ether oxygens (including phenoxy) is 3. The third-order valence-corrected chi connectivity index (χ3v) is 3.70. The Labute approximate surface area is 132 Å². The van der Waals surface area contributed by atoms with E-state index in [1.54, 1.807) is 33.5 Å². The second-order valence-electron chi connectivity index (χ2n) is 5.15. The number of amides is 1. The molecule has 1 aromatic carbocycles. The number of hydrogen-bond donors (Lipinski definition) is 1. The molecule has 0 saturated heterocycles. The lowest BCUT2D eigenvalue weighted by Gasteiger charge is -2.17. The molecule has 0 aromatic heterocycles. The first kappa shape index (κ1) is 18.1. The van der Waals surface area contributed by atoms with E-state index in [0.717, 1.165) is 25.7 Å². The summed E-state index contributed by atoms with van der Waals surface area (Å²) in [4.78, 5) is 12.4.